The van der Waals surface area contributed by atoms with Gasteiger partial charge in [-0.05, 0) is 105 Å². The number of ether oxygens (including phenoxy) is 2. The molecule has 0 spiro atoms. The minimum atomic E-state index is -3.43. The number of aryl methyl sites for hydroxylation is 2. The van der Waals surface area contributed by atoms with Gasteiger partial charge in [0.25, 0.3) is 11.1 Å². The van der Waals surface area contributed by atoms with E-state index in [2.05, 4.69) is 42.7 Å². The number of anilines is 3. The van der Waals surface area contributed by atoms with Crippen LogP contribution in [0.2, 0.25) is 0 Å². The number of nitrogens with zero attached hydrogens (tertiary/aromatic N) is 2. The summed E-state index contributed by atoms with van der Waals surface area (Å²) in [7, 11) is -3.43. The predicted molar refractivity (Wildman–Crippen MR) is 218 cm³/mol. The number of hydrogen-bond donors (Lipinski definition) is 5. The van der Waals surface area contributed by atoms with Crippen LogP contribution in [-0.4, -0.2) is 59.1 Å². The third-order valence-corrected chi connectivity index (χ3v) is 9.93. The maximum atomic E-state index is 12.8. The molecule has 4 aromatic rings. The van der Waals surface area contributed by atoms with Crippen molar-refractivity contribution in [1.82, 2.24) is 20.9 Å². The van der Waals surface area contributed by atoms with Crippen LogP contribution in [0.15, 0.2) is 77.8 Å². The summed E-state index contributed by atoms with van der Waals surface area (Å²) in [5, 5.41) is 10.6. The molecule has 0 aliphatic rings. The number of hydrogen-bond acceptors (Lipinski definition) is 12. The van der Waals surface area contributed by atoms with Crippen LogP contribution in [0.3, 0.4) is 0 Å². The highest BCUT2D eigenvalue weighted by Gasteiger charge is 2.14. The van der Waals surface area contributed by atoms with Crippen molar-refractivity contribution in [3.05, 3.63) is 83.9 Å². The van der Waals surface area contributed by atoms with Crippen LogP contribution >= 0.6 is 0 Å². The third-order valence-electron chi connectivity index (χ3n) is 7.71. The zero-order chi connectivity index (χ0) is 40.3. The summed E-state index contributed by atoms with van der Waals surface area (Å²) in [5.41, 5.74) is 7.55. The van der Waals surface area contributed by atoms with Gasteiger partial charge in [-0.2, -0.15) is 4.21 Å². The SMILES string of the molecule is CCCCCCCCOc1ccc(C)cc1OS(=O)Nc1ccc(OCCCNC(=O)NNc2nnc(S(=O)Oc3ccc(NS(C)(=O)=O)cc3)cc2C)cc1. The van der Waals surface area contributed by atoms with Crippen LogP contribution in [0, 0.1) is 13.8 Å². The van der Waals surface area contributed by atoms with Gasteiger partial charge in [-0.3, -0.25) is 20.3 Å². The summed E-state index contributed by atoms with van der Waals surface area (Å²) < 4.78 is 76.1. The Hall–Kier alpha value is -5.14. The van der Waals surface area contributed by atoms with Gasteiger partial charge in [-0.1, -0.05) is 45.1 Å². The van der Waals surface area contributed by atoms with E-state index in [0.29, 0.717) is 60.4 Å². The Labute approximate surface area is 333 Å². The van der Waals surface area contributed by atoms with Crippen LogP contribution in [-0.2, 0) is 32.4 Å². The summed E-state index contributed by atoms with van der Waals surface area (Å²) in [6.45, 7) is 7.03. The normalized spacial score (nSPS) is 12.1. The van der Waals surface area contributed by atoms with E-state index < -0.39 is 38.4 Å². The van der Waals surface area contributed by atoms with E-state index in [1.807, 2.05) is 19.1 Å². The second-order valence-corrected chi connectivity index (χ2v) is 16.3. The molecule has 56 heavy (non-hydrogen) atoms. The first-order valence-electron chi connectivity index (χ1n) is 18.0. The quantitative estimate of drug-likeness (QED) is 0.0380. The molecule has 16 nitrogen and oxygen atoms in total. The average Bonchev–Trinajstić information content (AvgIpc) is 3.15. The van der Waals surface area contributed by atoms with Crippen LogP contribution < -0.4 is 43.5 Å². The molecule has 0 saturated heterocycles. The number of hydrazine groups is 1. The highest BCUT2D eigenvalue weighted by atomic mass is 32.2. The Morgan fingerprint density at radius 2 is 1.43 bits per heavy atom. The van der Waals surface area contributed by atoms with Crippen molar-refractivity contribution in [2.75, 3.05) is 40.9 Å². The lowest BCUT2D eigenvalue weighted by molar-refractivity contribution is 0.241. The maximum absolute atomic E-state index is 12.8. The molecule has 3 aromatic carbocycles. The number of sulfonamides is 1. The van der Waals surface area contributed by atoms with Crippen molar-refractivity contribution in [1.29, 1.82) is 0 Å². The van der Waals surface area contributed by atoms with E-state index in [4.69, 9.17) is 17.8 Å². The summed E-state index contributed by atoms with van der Waals surface area (Å²) in [6, 6.07) is 19.3. The van der Waals surface area contributed by atoms with E-state index in [9.17, 15) is 21.6 Å². The van der Waals surface area contributed by atoms with Crippen molar-refractivity contribution in [3.63, 3.8) is 0 Å². The first-order valence-corrected chi connectivity index (χ1v) is 22.1. The number of carbonyl (C=O) groups is 1. The number of amides is 2. The summed E-state index contributed by atoms with van der Waals surface area (Å²) in [4.78, 5) is 12.3. The molecule has 2 amide bonds. The largest absolute Gasteiger partial charge is 0.494 e. The van der Waals surface area contributed by atoms with Crippen molar-refractivity contribution >= 4 is 55.6 Å². The van der Waals surface area contributed by atoms with E-state index in [0.717, 1.165) is 24.7 Å². The van der Waals surface area contributed by atoms with Crippen LogP contribution in [0.1, 0.15) is 63.0 Å². The Bertz CT molecular complexity index is 2020. The Kier molecular flexibility index (Phi) is 17.5. The number of carbonyl (C=O) groups excluding carboxylic acids is 1. The molecule has 0 aliphatic carbocycles. The molecular weight excluding hydrogens is 783 g/mol. The molecule has 2 unspecified atom stereocenters. The van der Waals surface area contributed by atoms with Gasteiger partial charge in [0.1, 0.15) is 11.5 Å². The first-order chi connectivity index (χ1) is 26.9. The number of benzene rings is 3. The zero-order valence-corrected chi connectivity index (χ0v) is 34.2. The third kappa shape index (κ3) is 15.9. The number of aromatic nitrogens is 2. The fraction of sp³-hybridized carbons (Fsp3) is 0.378. The molecule has 1 aromatic heterocycles. The Balaban J connectivity index is 1.11. The summed E-state index contributed by atoms with van der Waals surface area (Å²) in [6.07, 6.45) is 8.51. The summed E-state index contributed by atoms with van der Waals surface area (Å²) >= 11 is -3.87. The van der Waals surface area contributed by atoms with Crippen LogP contribution in [0.4, 0.5) is 22.0 Å². The number of nitrogens with one attached hydrogen (secondary N) is 5. The van der Waals surface area contributed by atoms with Crippen molar-refractivity contribution < 1.29 is 39.5 Å². The van der Waals surface area contributed by atoms with E-state index in [1.165, 1.54) is 56.0 Å². The number of rotatable bonds is 24. The predicted octanol–water partition coefficient (Wildman–Crippen LogP) is 6.47. The molecule has 0 aliphatic heterocycles. The van der Waals surface area contributed by atoms with Gasteiger partial charge in [0.15, 0.2) is 22.3 Å². The molecule has 4 rings (SSSR count). The fourth-order valence-corrected chi connectivity index (χ4v) is 6.87. The van der Waals surface area contributed by atoms with Crippen molar-refractivity contribution in [2.45, 2.75) is 70.7 Å². The van der Waals surface area contributed by atoms with Gasteiger partial charge < -0.3 is 23.2 Å². The van der Waals surface area contributed by atoms with E-state index in [1.54, 1.807) is 37.3 Å². The molecule has 0 radical (unpaired) electrons. The number of urea groups is 1. The van der Waals surface area contributed by atoms with Gasteiger partial charge in [-0.25, -0.2) is 17.4 Å². The molecule has 19 heteroatoms. The number of unbranched alkanes of at least 4 members (excludes halogenated alkanes) is 5. The lowest BCUT2D eigenvalue weighted by atomic mass is 10.1. The van der Waals surface area contributed by atoms with Gasteiger partial charge in [0.05, 0.1) is 19.5 Å². The lowest BCUT2D eigenvalue weighted by Gasteiger charge is -2.13. The molecule has 1 heterocycles. The highest BCUT2D eigenvalue weighted by Crippen LogP contribution is 2.30. The van der Waals surface area contributed by atoms with Crippen LogP contribution in [0.5, 0.6) is 23.0 Å². The fourth-order valence-electron chi connectivity index (χ4n) is 4.89. The van der Waals surface area contributed by atoms with Gasteiger partial charge >= 0.3 is 17.3 Å². The first kappa shape index (κ1) is 43.6. The molecular formula is C37H49N7O9S3. The molecule has 2 atom stereocenters. The van der Waals surface area contributed by atoms with Crippen molar-refractivity contribution in [2.24, 2.45) is 0 Å². The van der Waals surface area contributed by atoms with Crippen LogP contribution in [0.25, 0.3) is 0 Å². The highest BCUT2D eigenvalue weighted by molar-refractivity contribution is 7.92. The topological polar surface area (TPSA) is 208 Å². The van der Waals surface area contributed by atoms with Crippen molar-refractivity contribution in [3.8, 4) is 23.0 Å². The monoisotopic (exact) mass is 831 g/mol. The van der Waals surface area contributed by atoms with E-state index >= 15 is 0 Å². The van der Waals surface area contributed by atoms with Gasteiger partial charge in [-0.15, -0.1) is 10.2 Å². The van der Waals surface area contributed by atoms with Gasteiger partial charge in [0, 0.05) is 17.9 Å². The minimum absolute atomic E-state index is 0.0436. The Morgan fingerprint density at radius 1 is 0.750 bits per heavy atom. The molecule has 0 bridgehead atoms. The van der Waals surface area contributed by atoms with E-state index in [-0.39, 0.29) is 16.6 Å². The molecule has 5 N–H and O–H groups in total. The minimum Gasteiger partial charge on any atom is -0.494 e. The van der Waals surface area contributed by atoms with Gasteiger partial charge in [0.2, 0.25) is 10.0 Å². The zero-order valence-electron chi connectivity index (χ0n) is 31.8. The Morgan fingerprint density at radius 3 is 2.14 bits per heavy atom. The molecule has 304 valence electrons. The molecule has 0 fully saturated rings. The maximum Gasteiger partial charge on any atom is 0.333 e. The summed E-state index contributed by atoms with van der Waals surface area (Å²) in [5.74, 6) is 2.03. The smallest absolute Gasteiger partial charge is 0.333 e. The molecule has 0 saturated carbocycles. The second-order valence-electron chi connectivity index (χ2n) is 12.6. The second kappa shape index (κ2) is 22.4. The average molecular weight is 832 g/mol. The lowest BCUT2D eigenvalue weighted by Crippen LogP contribution is -2.40. The standard InChI is InChI=1S/C37H49N7O9S3/c1-5-6-7-8-9-10-23-51-33-21-12-27(2)25-34(33)53-55(47)43-29-13-17-31(18-14-29)50-24-11-22-38-37(45)42-41-36-28(3)26-35(39-40-36)54(46)52-32-19-15-30(16-20-32)44-56(4,48)49/h12-21,25-26,43-44H,5-11,22-24H2,1-4H3,(H,40,41)(H2,38,42,45).